The summed E-state index contributed by atoms with van der Waals surface area (Å²) in [6.07, 6.45) is 3.46. The lowest BCUT2D eigenvalue weighted by molar-refractivity contribution is -0.343. The lowest BCUT2D eigenvalue weighted by Crippen LogP contribution is -2.55. The van der Waals surface area contributed by atoms with E-state index >= 15 is 0 Å². The third-order valence-corrected chi connectivity index (χ3v) is 5.99. The lowest BCUT2D eigenvalue weighted by Gasteiger charge is -2.49. The average Bonchev–Trinajstić information content (AvgIpc) is 2.73. The van der Waals surface area contributed by atoms with Crippen LogP contribution < -0.4 is 4.74 Å². The van der Waals surface area contributed by atoms with Crippen molar-refractivity contribution in [2.75, 3.05) is 20.8 Å². The summed E-state index contributed by atoms with van der Waals surface area (Å²) in [7, 11) is 3.38. The van der Waals surface area contributed by atoms with Crippen molar-refractivity contribution in [1.29, 1.82) is 0 Å². The first-order valence-corrected chi connectivity index (χ1v) is 10.9. The first-order chi connectivity index (χ1) is 14.4. The second-order valence-electron chi connectivity index (χ2n) is 8.45. The molecule has 5 atom stereocenters. The maximum Gasteiger partial charge on any atom is 0.174 e. The van der Waals surface area contributed by atoms with Crippen molar-refractivity contribution in [2.45, 2.75) is 82.3 Å². The molecule has 0 radical (unpaired) electrons. The van der Waals surface area contributed by atoms with Gasteiger partial charge in [0.15, 0.2) is 5.79 Å². The number of rotatable bonds is 9. The first-order valence-electron chi connectivity index (χ1n) is 10.9. The summed E-state index contributed by atoms with van der Waals surface area (Å²) >= 11 is 0. The number of hydrogen-bond acceptors (Lipinski definition) is 6. The zero-order valence-corrected chi connectivity index (χ0v) is 18.5. The molecule has 0 aromatic heterocycles. The van der Waals surface area contributed by atoms with Crippen molar-refractivity contribution in [3.63, 3.8) is 0 Å². The fourth-order valence-corrected chi connectivity index (χ4v) is 4.38. The number of hydrogen-bond donors (Lipinski definition) is 1. The second kappa shape index (κ2) is 10.7. The number of aliphatic hydroxyl groups is 1. The second-order valence-corrected chi connectivity index (χ2v) is 8.45. The van der Waals surface area contributed by atoms with Gasteiger partial charge in [-0.1, -0.05) is 31.2 Å². The van der Waals surface area contributed by atoms with Gasteiger partial charge in [-0.05, 0) is 30.5 Å². The molecule has 1 aromatic rings. The highest BCUT2D eigenvalue weighted by Gasteiger charge is 2.48. The molecule has 0 amide bonds. The lowest BCUT2D eigenvalue weighted by atomic mass is 9.88. The van der Waals surface area contributed by atoms with Gasteiger partial charge in [-0.25, -0.2) is 0 Å². The third-order valence-electron chi connectivity index (χ3n) is 5.99. The van der Waals surface area contributed by atoms with E-state index in [0.717, 1.165) is 36.1 Å². The van der Waals surface area contributed by atoms with E-state index in [2.05, 4.69) is 13.5 Å². The first kappa shape index (κ1) is 23.2. The van der Waals surface area contributed by atoms with Crippen molar-refractivity contribution in [2.24, 2.45) is 0 Å². The SMILES string of the molecule is C=C(CC)C[C@@H]1C[C@H](OC)C[C@]2(C[C@@H](O)C[C@H](COCc3ccc(OC)cc3)O2)O1. The maximum atomic E-state index is 10.6. The summed E-state index contributed by atoms with van der Waals surface area (Å²) in [6.45, 7) is 7.11. The molecule has 0 bridgehead atoms. The Morgan fingerprint density at radius 1 is 1.13 bits per heavy atom. The van der Waals surface area contributed by atoms with Gasteiger partial charge >= 0.3 is 0 Å². The van der Waals surface area contributed by atoms with Gasteiger partial charge in [-0.2, -0.15) is 0 Å². The molecule has 1 spiro atoms. The molecule has 168 valence electrons. The van der Waals surface area contributed by atoms with E-state index in [-0.39, 0.29) is 18.3 Å². The van der Waals surface area contributed by atoms with E-state index in [4.69, 9.17) is 23.7 Å². The van der Waals surface area contributed by atoms with Crippen LogP contribution in [0, 0.1) is 0 Å². The zero-order chi connectivity index (χ0) is 21.6. The van der Waals surface area contributed by atoms with Gasteiger partial charge in [0.05, 0.1) is 44.7 Å². The molecule has 2 aliphatic rings. The normalized spacial score (nSPS) is 31.6. The Morgan fingerprint density at radius 2 is 1.87 bits per heavy atom. The summed E-state index contributed by atoms with van der Waals surface area (Å²) in [5, 5.41) is 10.6. The largest absolute Gasteiger partial charge is 0.497 e. The number of benzene rings is 1. The van der Waals surface area contributed by atoms with Gasteiger partial charge in [0.1, 0.15) is 5.75 Å². The molecule has 2 fully saturated rings. The fraction of sp³-hybridized carbons (Fsp3) is 0.667. The molecule has 0 aliphatic carbocycles. The molecule has 1 aromatic carbocycles. The molecule has 2 saturated heterocycles. The Balaban J connectivity index is 1.58. The van der Waals surface area contributed by atoms with Gasteiger partial charge in [0.2, 0.25) is 0 Å². The Kier molecular flexibility index (Phi) is 8.31. The molecule has 30 heavy (non-hydrogen) atoms. The Bertz CT molecular complexity index is 675. The van der Waals surface area contributed by atoms with Gasteiger partial charge in [-0.15, -0.1) is 0 Å². The van der Waals surface area contributed by atoms with E-state index in [0.29, 0.717) is 32.5 Å². The number of aliphatic hydroxyl groups excluding tert-OH is 1. The third kappa shape index (κ3) is 6.28. The molecule has 2 aliphatic heterocycles. The summed E-state index contributed by atoms with van der Waals surface area (Å²) < 4.78 is 29.6. The molecule has 0 unspecified atom stereocenters. The maximum absolute atomic E-state index is 10.6. The Hall–Kier alpha value is -1.44. The van der Waals surface area contributed by atoms with Crippen LogP contribution in [0.1, 0.15) is 51.0 Å². The zero-order valence-electron chi connectivity index (χ0n) is 18.5. The minimum Gasteiger partial charge on any atom is -0.497 e. The van der Waals surface area contributed by atoms with Gasteiger partial charge in [0.25, 0.3) is 0 Å². The average molecular weight is 421 g/mol. The van der Waals surface area contributed by atoms with Crippen molar-refractivity contribution in [3.05, 3.63) is 42.0 Å². The highest BCUT2D eigenvalue weighted by Crippen LogP contribution is 2.41. The topological polar surface area (TPSA) is 66.4 Å². The van der Waals surface area contributed by atoms with Crippen molar-refractivity contribution in [3.8, 4) is 5.75 Å². The van der Waals surface area contributed by atoms with Crippen molar-refractivity contribution < 1.29 is 28.8 Å². The number of ether oxygens (including phenoxy) is 5. The summed E-state index contributed by atoms with van der Waals surface area (Å²) in [4.78, 5) is 0. The van der Waals surface area contributed by atoms with Crippen molar-refractivity contribution >= 4 is 0 Å². The predicted molar refractivity (Wildman–Crippen MR) is 114 cm³/mol. The minimum absolute atomic E-state index is 0.0117. The van der Waals surface area contributed by atoms with Crippen LogP contribution in [-0.4, -0.2) is 56.1 Å². The van der Waals surface area contributed by atoms with Crippen LogP contribution in [0.25, 0.3) is 0 Å². The summed E-state index contributed by atoms with van der Waals surface area (Å²) in [6, 6.07) is 7.80. The summed E-state index contributed by atoms with van der Waals surface area (Å²) in [5.41, 5.74) is 2.22. The van der Waals surface area contributed by atoms with Crippen molar-refractivity contribution in [1.82, 2.24) is 0 Å². The molecular formula is C24H36O6. The predicted octanol–water partition coefficient (Wildman–Crippen LogP) is 4.00. The number of methoxy groups -OCH3 is 2. The summed E-state index contributed by atoms with van der Waals surface area (Å²) in [5.74, 6) is -0.00875. The van der Waals surface area contributed by atoms with Gasteiger partial charge in [-0.3, -0.25) is 0 Å². The van der Waals surface area contributed by atoms with E-state index in [9.17, 15) is 5.11 Å². The smallest absolute Gasteiger partial charge is 0.174 e. The quantitative estimate of drug-likeness (QED) is 0.609. The van der Waals surface area contributed by atoms with E-state index in [1.165, 1.54) is 0 Å². The monoisotopic (exact) mass is 420 g/mol. The van der Waals surface area contributed by atoms with Crippen LogP contribution in [0.2, 0.25) is 0 Å². The Labute approximate surface area is 180 Å². The molecule has 2 heterocycles. The van der Waals surface area contributed by atoms with Crippen LogP contribution in [0.5, 0.6) is 5.75 Å². The standard InChI is InChI=1S/C24H36O6/c1-5-17(2)10-21-12-22(27-4)14-24(29-21)13-19(25)11-23(30-24)16-28-15-18-6-8-20(26-3)9-7-18/h6-9,19,21-23,25H,2,5,10-16H2,1,3-4H3/t19-,21+,22-,23+,24+/m0/s1. The van der Waals surface area contributed by atoms with Crippen LogP contribution in [0.3, 0.4) is 0 Å². The van der Waals surface area contributed by atoms with E-state index in [1.807, 2.05) is 24.3 Å². The van der Waals surface area contributed by atoms with Gasteiger partial charge in [0, 0.05) is 32.8 Å². The highest BCUT2D eigenvalue weighted by molar-refractivity contribution is 5.26. The molecular weight excluding hydrogens is 384 g/mol. The molecule has 3 rings (SSSR count). The molecule has 6 nitrogen and oxygen atoms in total. The van der Waals surface area contributed by atoms with Crippen LogP contribution in [0.4, 0.5) is 0 Å². The van der Waals surface area contributed by atoms with Crippen LogP contribution >= 0.6 is 0 Å². The highest BCUT2D eigenvalue weighted by atomic mass is 16.7. The minimum atomic E-state index is -0.830. The van der Waals surface area contributed by atoms with Crippen LogP contribution in [-0.2, 0) is 25.6 Å². The molecule has 1 N–H and O–H groups in total. The van der Waals surface area contributed by atoms with Gasteiger partial charge < -0.3 is 28.8 Å². The molecule has 0 saturated carbocycles. The van der Waals surface area contributed by atoms with Crippen LogP contribution in [0.15, 0.2) is 36.4 Å². The van der Waals surface area contributed by atoms with E-state index in [1.54, 1.807) is 14.2 Å². The van der Waals surface area contributed by atoms with E-state index < -0.39 is 11.9 Å². The fourth-order valence-electron chi connectivity index (χ4n) is 4.38. The Morgan fingerprint density at radius 3 is 2.53 bits per heavy atom. The molecule has 6 heteroatoms.